The highest BCUT2D eigenvalue weighted by molar-refractivity contribution is 5.22. The molecule has 0 amide bonds. The number of likely N-dealkylation sites (N-methyl/N-ethyl adjacent to an activating group) is 1. The molecule has 0 saturated carbocycles. The van der Waals surface area contributed by atoms with Crippen molar-refractivity contribution in [2.24, 2.45) is 0 Å². The van der Waals surface area contributed by atoms with Crippen molar-refractivity contribution in [2.45, 2.75) is 19.4 Å². The zero-order valence-corrected chi connectivity index (χ0v) is 10.1. The van der Waals surface area contributed by atoms with Crippen molar-refractivity contribution < 1.29 is 10.2 Å². The first-order valence-corrected chi connectivity index (χ1v) is 5.65. The van der Waals surface area contributed by atoms with Gasteiger partial charge in [-0.15, -0.1) is 0 Å². The lowest BCUT2D eigenvalue weighted by Crippen LogP contribution is -2.32. The highest BCUT2D eigenvalue weighted by Gasteiger charge is 2.06. The number of aliphatic hydroxyl groups is 2. The van der Waals surface area contributed by atoms with Crippen LogP contribution in [0.15, 0.2) is 24.3 Å². The summed E-state index contributed by atoms with van der Waals surface area (Å²) in [6.07, 6.45) is 0.332. The van der Waals surface area contributed by atoms with Gasteiger partial charge in [0, 0.05) is 13.1 Å². The monoisotopic (exact) mass is 223 g/mol. The number of benzene rings is 1. The molecule has 16 heavy (non-hydrogen) atoms. The maximum Gasteiger partial charge on any atom is 0.0897 e. The number of aryl methyl sites for hydroxylation is 1. The van der Waals surface area contributed by atoms with Gasteiger partial charge < -0.3 is 15.1 Å². The summed E-state index contributed by atoms with van der Waals surface area (Å²) in [6.45, 7) is 3.32. The predicted molar refractivity (Wildman–Crippen MR) is 65.5 cm³/mol. The predicted octanol–water partition coefficient (Wildman–Crippen LogP) is 0.823. The van der Waals surface area contributed by atoms with E-state index < -0.39 is 6.10 Å². The van der Waals surface area contributed by atoms with Crippen LogP contribution in [0.4, 0.5) is 0 Å². The van der Waals surface area contributed by atoms with E-state index in [1.165, 1.54) is 11.1 Å². The molecule has 1 aromatic rings. The fourth-order valence-electron chi connectivity index (χ4n) is 1.70. The Balaban J connectivity index is 2.34. The molecule has 3 nitrogen and oxygen atoms in total. The first-order valence-electron chi connectivity index (χ1n) is 5.65. The largest absolute Gasteiger partial charge is 0.394 e. The van der Waals surface area contributed by atoms with Gasteiger partial charge in [0.25, 0.3) is 0 Å². The van der Waals surface area contributed by atoms with E-state index in [9.17, 15) is 5.11 Å². The number of nitrogens with zero attached hydrogens (tertiary/aromatic N) is 1. The van der Waals surface area contributed by atoms with Crippen LogP contribution in [0.2, 0.25) is 0 Å². The Morgan fingerprint density at radius 3 is 2.75 bits per heavy atom. The average Bonchev–Trinajstić information content (AvgIpc) is 2.26. The maximum atomic E-state index is 9.28. The van der Waals surface area contributed by atoms with Crippen molar-refractivity contribution in [3.63, 3.8) is 0 Å². The topological polar surface area (TPSA) is 43.7 Å². The molecule has 0 saturated heterocycles. The summed E-state index contributed by atoms with van der Waals surface area (Å²) >= 11 is 0. The molecular weight excluding hydrogens is 202 g/mol. The second-order valence-electron chi connectivity index (χ2n) is 4.34. The van der Waals surface area contributed by atoms with Gasteiger partial charge in [0.2, 0.25) is 0 Å². The zero-order valence-electron chi connectivity index (χ0n) is 10.1. The molecule has 0 fully saturated rings. The molecule has 1 unspecified atom stereocenters. The first-order chi connectivity index (χ1) is 7.61. The summed E-state index contributed by atoms with van der Waals surface area (Å²) in [4.78, 5) is 2.03. The highest BCUT2D eigenvalue weighted by atomic mass is 16.3. The zero-order chi connectivity index (χ0) is 12.0. The molecule has 90 valence electrons. The molecule has 0 heterocycles. The molecule has 2 N–H and O–H groups in total. The summed E-state index contributed by atoms with van der Waals surface area (Å²) < 4.78 is 0. The molecule has 1 atom stereocenters. The van der Waals surface area contributed by atoms with E-state index in [1.54, 1.807) is 0 Å². The third-order valence-corrected chi connectivity index (χ3v) is 2.60. The van der Waals surface area contributed by atoms with Crippen molar-refractivity contribution in [2.75, 3.05) is 26.7 Å². The molecule has 0 radical (unpaired) electrons. The maximum absolute atomic E-state index is 9.28. The van der Waals surface area contributed by atoms with Gasteiger partial charge in [-0.25, -0.2) is 0 Å². The van der Waals surface area contributed by atoms with Crippen molar-refractivity contribution in [3.8, 4) is 0 Å². The van der Waals surface area contributed by atoms with Crippen LogP contribution in [0.25, 0.3) is 0 Å². The Kier molecular flexibility index (Phi) is 5.46. The Morgan fingerprint density at radius 2 is 2.12 bits per heavy atom. The fraction of sp³-hybridized carbons (Fsp3) is 0.538. The van der Waals surface area contributed by atoms with Crippen molar-refractivity contribution in [1.82, 2.24) is 4.90 Å². The second-order valence-corrected chi connectivity index (χ2v) is 4.34. The Hall–Kier alpha value is -0.900. The summed E-state index contributed by atoms with van der Waals surface area (Å²) in [5.41, 5.74) is 2.58. The van der Waals surface area contributed by atoms with Gasteiger partial charge in [0.05, 0.1) is 12.7 Å². The smallest absolute Gasteiger partial charge is 0.0897 e. The van der Waals surface area contributed by atoms with E-state index in [4.69, 9.17) is 5.11 Å². The molecule has 0 aliphatic rings. The minimum Gasteiger partial charge on any atom is -0.394 e. The SMILES string of the molecule is Cc1cccc(CCN(C)CC(O)CO)c1. The molecule has 0 spiro atoms. The van der Waals surface area contributed by atoms with E-state index in [-0.39, 0.29) is 6.61 Å². The van der Waals surface area contributed by atoms with E-state index in [1.807, 2.05) is 11.9 Å². The van der Waals surface area contributed by atoms with Crippen molar-refractivity contribution in [1.29, 1.82) is 0 Å². The molecule has 1 rings (SSSR count). The minimum absolute atomic E-state index is 0.172. The lowest BCUT2D eigenvalue weighted by molar-refractivity contribution is 0.0669. The van der Waals surface area contributed by atoms with Gasteiger partial charge in [0.15, 0.2) is 0 Å². The Labute approximate surface area is 97.3 Å². The number of aliphatic hydroxyl groups excluding tert-OH is 2. The molecule has 0 aliphatic carbocycles. The van der Waals surface area contributed by atoms with Gasteiger partial charge in [-0.1, -0.05) is 29.8 Å². The number of rotatable bonds is 6. The van der Waals surface area contributed by atoms with Gasteiger partial charge >= 0.3 is 0 Å². The molecule has 0 aliphatic heterocycles. The fourth-order valence-corrected chi connectivity index (χ4v) is 1.70. The van der Waals surface area contributed by atoms with Crippen LogP contribution >= 0.6 is 0 Å². The quantitative estimate of drug-likeness (QED) is 0.750. The molecule has 1 aromatic carbocycles. The summed E-state index contributed by atoms with van der Waals surface area (Å²) in [7, 11) is 1.95. The van der Waals surface area contributed by atoms with Gasteiger partial charge in [0.1, 0.15) is 0 Å². The second kappa shape index (κ2) is 6.63. The van der Waals surface area contributed by atoms with E-state index in [2.05, 4.69) is 31.2 Å². The number of hydrogen-bond acceptors (Lipinski definition) is 3. The van der Waals surface area contributed by atoms with Gasteiger partial charge in [-0.05, 0) is 26.0 Å². The normalized spacial score (nSPS) is 13.1. The van der Waals surface area contributed by atoms with E-state index in [0.717, 1.165) is 13.0 Å². The Bertz CT molecular complexity index is 315. The minimum atomic E-state index is -0.637. The van der Waals surface area contributed by atoms with Gasteiger partial charge in [-0.3, -0.25) is 0 Å². The third kappa shape index (κ3) is 4.75. The van der Waals surface area contributed by atoms with E-state index >= 15 is 0 Å². The van der Waals surface area contributed by atoms with Crippen LogP contribution in [-0.4, -0.2) is 48.0 Å². The van der Waals surface area contributed by atoms with Gasteiger partial charge in [-0.2, -0.15) is 0 Å². The molecule has 3 heteroatoms. The van der Waals surface area contributed by atoms with Crippen molar-refractivity contribution in [3.05, 3.63) is 35.4 Å². The Morgan fingerprint density at radius 1 is 1.38 bits per heavy atom. The van der Waals surface area contributed by atoms with E-state index in [0.29, 0.717) is 6.54 Å². The van der Waals surface area contributed by atoms with Crippen LogP contribution < -0.4 is 0 Å². The summed E-state index contributed by atoms with van der Waals surface area (Å²) in [5.74, 6) is 0. The lowest BCUT2D eigenvalue weighted by atomic mass is 10.1. The van der Waals surface area contributed by atoms with Crippen molar-refractivity contribution >= 4 is 0 Å². The molecular formula is C13H21NO2. The van der Waals surface area contributed by atoms with Crippen LogP contribution in [0.1, 0.15) is 11.1 Å². The van der Waals surface area contributed by atoms with Crippen LogP contribution in [-0.2, 0) is 6.42 Å². The number of hydrogen-bond donors (Lipinski definition) is 2. The highest BCUT2D eigenvalue weighted by Crippen LogP contribution is 2.05. The lowest BCUT2D eigenvalue weighted by Gasteiger charge is -2.19. The van der Waals surface area contributed by atoms with Crippen LogP contribution in [0.3, 0.4) is 0 Å². The third-order valence-electron chi connectivity index (χ3n) is 2.60. The average molecular weight is 223 g/mol. The first kappa shape index (κ1) is 13.2. The standard InChI is InChI=1S/C13H21NO2/c1-11-4-3-5-12(8-11)6-7-14(2)9-13(16)10-15/h3-5,8,13,15-16H,6-7,9-10H2,1-2H3. The molecule has 0 aromatic heterocycles. The van der Waals surface area contributed by atoms with Crippen LogP contribution in [0, 0.1) is 6.92 Å². The summed E-state index contributed by atoms with van der Waals surface area (Å²) in [6, 6.07) is 8.44. The van der Waals surface area contributed by atoms with Crippen LogP contribution in [0.5, 0.6) is 0 Å². The molecule has 0 bridgehead atoms. The summed E-state index contributed by atoms with van der Waals surface area (Å²) in [5, 5.41) is 18.0.